The average molecular weight is 341 g/mol. The fourth-order valence-electron chi connectivity index (χ4n) is 2.06. The highest BCUT2D eigenvalue weighted by Gasteiger charge is 2.13. The standard InChI is InChI=1S/C18H19N3O4/c1-12-5-4-6-14(9-12)20-17(22)18(23)21-19-11-13-10-15(24-2)7-8-16(13)25-3/h4-11H,1-3H3,(H,20,22)(H,21,23). The van der Waals surface area contributed by atoms with Crippen LogP contribution in [0.5, 0.6) is 11.5 Å². The van der Waals surface area contributed by atoms with E-state index in [2.05, 4.69) is 15.8 Å². The minimum Gasteiger partial charge on any atom is -0.497 e. The van der Waals surface area contributed by atoms with Gasteiger partial charge in [0.1, 0.15) is 11.5 Å². The van der Waals surface area contributed by atoms with Crippen molar-refractivity contribution in [3.8, 4) is 11.5 Å². The third kappa shape index (κ3) is 5.07. The van der Waals surface area contributed by atoms with Crippen molar-refractivity contribution in [2.45, 2.75) is 6.92 Å². The molecule has 2 N–H and O–H groups in total. The van der Waals surface area contributed by atoms with Gasteiger partial charge in [-0.15, -0.1) is 0 Å². The molecule has 0 saturated heterocycles. The number of methoxy groups -OCH3 is 2. The number of nitrogens with zero attached hydrogens (tertiary/aromatic N) is 1. The Hall–Kier alpha value is -3.35. The van der Waals surface area contributed by atoms with Crippen molar-refractivity contribution in [3.05, 3.63) is 53.6 Å². The molecule has 0 saturated carbocycles. The first kappa shape index (κ1) is 18.0. The number of rotatable bonds is 5. The molecule has 0 aliphatic heterocycles. The van der Waals surface area contributed by atoms with E-state index in [-0.39, 0.29) is 0 Å². The second-order valence-corrected chi connectivity index (χ2v) is 5.13. The zero-order valence-electron chi connectivity index (χ0n) is 14.2. The number of nitrogens with one attached hydrogen (secondary N) is 2. The molecule has 2 rings (SSSR count). The average Bonchev–Trinajstić information content (AvgIpc) is 2.61. The number of anilines is 1. The summed E-state index contributed by atoms with van der Waals surface area (Å²) in [5, 5.41) is 6.29. The summed E-state index contributed by atoms with van der Waals surface area (Å²) >= 11 is 0. The van der Waals surface area contributed by atoms with E-state index >= 15 is 0 Å². The van der Waals surface area contributed by atoms with Crippen LogP contribution in [-0.2, 0) is 9.59 Å². The second-order valence-electron chi connectivity index (χ2n) is 5.13. The number of hydrazone groups is 1. The normalized spacial score (nSPS) is 10.4. The van der Waals surface area contributed by atoms with Crippen LogP contribution in [-0.4, -0.2) is 32.2 Å². The van der Waals surface area contributed by atoms with Crippen molar-refractivity contribution in [3.63, 3.8) is 0 Å². The molecule has 0 heterocycles. The summed E-state index contributed by atoms with van der Waals surface area (Å²) in [5.41, 5.74) is 4.29. The van der Waals surface area contributed by atoms with Crippen molar-refractivity contribution in [2.75, 3.05) is 19.5 Å². The molecule has 2 aromatic carbocycles. The van der Waals surface area contributed by atoms with Gasteiger partial charge in [0.25, 0.3) is 0 Å². The van der Waals surface area contributed by atoms with Gasteiger partial charge in [0, 0.05) is 11.3 Å². The van der Waals surface area contributed by atoms with Gasteiger partial charge in [-0.25, -0.2) is 5.43 Å². The lowest BCUT2D eigenvalue weighted by atomic mass is 10.2. The lowest BCUT2D eigenvalue weighted by Crippen LogP contribution is -2.32. The first-order valence-corrected chi connectivity index (χ1v) is 7.46. The van der Waals surface area contributed by atoms with Crippen molar-refractivity contribution in [1.82, 2.24) is 5.43 Å². The van der Waals surface area contributed by atoms with Gasteiger partial charge in [-0.1, -0.05) is 12.1 Å². The van der Waals surface area contributed by atoms with Gasteiger partial charge in [0.05, 0.1) is 20.4 Å². The Morgan fingerprint density at radius 1 is 1.04 bits per heavy atom. The summed E-state index contributed by atoms with van der Waals surface area (Å²) in [6.45, 7) is 1.89. The molecule has 0 fully saturated rings. The number of ether oxygens (including phenoxy) is 2. The molecule has 0 aliphatic carbocycles. The maximum absolute atomic E-state index is 11.8. The Balaban J connectivity index is 1.99. The van der Waals surface area contributed by atoms with Crippen molar-refractivity contribution in [2.24, 2.45) is 5.10 Å². The van der Waals surface area contributed by atoms with Crippen LogP contribution in [0.15, 0.2) is 47.6 Å². The number of benzene rings is 2. The number of amides is 2. The molecule has 0 atom stereocenters. The molecular weight excluding hydrogens is 322 g/mol. The fraction of sp³-hybridized carbons (Fsp3) is 0.167. The molecule has 0 spiro atoms. The van der Waals surface area contributed by atoms with Gasteiger partial charge in [-0.2, -0.15) is 5.10 Å². The second kappa shape index (κ2) is 8.49. The van der Waals surface area contributed by atoms with Crippen LogP contribution >= 0.6 is 0 Å². The number of aryl methyl sites for hydroxylation is 1. The number of hydrogen-bond acceptors (Lipinski definition) is 5. The number of carbonyl (C=O) groups is 2. The van der Waals surface area contributed by atoms with Crippen LogP contribution in [0, 0.1) is 6.92 Å². The Kier molecular flexibility index (Phi) is 6.11. The summed E-state index contributed by atoms with van der Waals surface area (Å²) < 4.78 is 10.3. The van der Waals surface area contributed by atoms with Gasteiger partial charge >= 0.3 is 11.8 Å². The minimum atomic E-state index is -0.875. The van der Waals surface area contributed by atoms with Gasteiger partial charge in [0.2, 0.25) is 0 Å². The lowest BCUT2D eigenvalue weighted by molar-refractivity contribution is -0.136. The van der Waals surface area contributed by atoms with Crippen LogP contribution < -0.4 is 20.2 Å². The largest absolute Gasteiger partial charge is 0.497 e. The van der Waals surface area contributed by atoms with E-state index in [4.69, 9.17) is 9.47 Å². The predicted molar refractivity (Wildman–Crippen MR) is 95.1 cm³/mol. The van der Waals surface area contributed by atoms with E-state index in [0.29, 0.717) is 22.7 Å². The smallest absolute Gasteiger partial charge is 0.329 e. The first-order valence-electron chi connectivity index (χ1n) is 7.46. The highest BCUT2D eigenvalue weighted by Crippen LogP contribution is 2.22. The maximum Gasteiger partial charge on any atom is 0.329 e. The SMILES string of the molecule is COc1ccc(OC)c(C=NNC(=O)C(=O)Nc2cccc(C)c2)c1. The molecule has 2 amide bonds. The highest BCUT2D eigenvalue weighted by molar-refractivity contribution is 6.39. The highest BCUT2D eigenvalue weighted by atomic mass is 16.5. The summed E-state index contributed by atoms with van der Waals surface area (Å²) in [5.74, 6) is -0.506. The molecule has 2 aromatic rings. The molecule has 130 valence electrons. The number of hydrogen-bond donors (Lipinski definition) is 2. The molecule has 0 aromatic heterocycles. The summed E-state index contributed by atoms with van der Waals surface area (Å²) in [7, 11) is 3.06. The molecule has 7 nitrogen and oxygen atoms in total. The van der Waals surface area contributed by atoms with Crippen LogP contribution in [0.4, 0.5) is 5.69 Å². The van der Waals surface area contributed by atoms with Crippen LogP contribution in [0.1, 0.15) is 11.1 Å². The van der Waals surface area contributed by atoms with Crippen molar-refractivity contribution in [1.29, 1.82) is 0 Å². The topological polar surface area (TPSA) is 89.0 Å². The monoisotopic (exact) mass is 341 g/mol. The summed E-state index contributed by atoms with van der Waals surface area (Å²) in [4.78, 5) is 23.7. The Morgan fingerprint density at radius 2 is 1.84 bits per heavy atom. The van der Waals surface area contributed by atoms with E-state index in [1.54, 1.807) is 43.5 Å². The lowest BCUT2D eigenvalue weighted by Gasteiger charge is -2.07. The summed E-state index contributed by atoms with van der Waals surface area (Å²) in [6, 6.07) is 12.3. The van der Waals surface area contributed by atoms with E-state index in [1.165, 1.54) is 13.3 Å². The third-order valence-electron chi connectivity index (χ3n) is 3.29. The van der Waals surface area contributed by atoms with Crippen LogP contribution in [0.3, 0.4) is 0 Å². The Morgan fingerprint density at radius 3 is 2.52 bits per heavy atom. The zero-order chi connectivity index (χ0) is 18.2. The molecule has 0 unspecified atom stereocenters. The van der Waals surface area contributed by atoms with E-state index in [0.717, 1.165) is 5.56 Å². The van der Waals surface area contributed by atoms with E-state index in [1.807, 2.05) is 13.0 Å². The molecule has 0 aliphatic rings. The Bertz CT molecular complexity index is 803. The quantitative estimate of drug-likeness (QED) is 0.495. The number of carbonyl (C=O) groups excluding carboxylic acids is 2. The molecule has 25 heavy (non-hydrogen) atoms. The van der Waals surface area contributed by atoms with Gasteiger partial charge in [0.15, 0.2) is 0 Å². The molecule has 0 bridgehead atoms. The van der Waals surface area contributed by atoms with Gasteiger partial charge in [-0.05, 0) is 42.8 Å². The Labute approximate surface area is 145 Å². The maximum atomic E-state index is 11.8. The molecule has 0 radical (unpaired) electrons. The fourth-order valence-corrected chi connectivity index (χ4v) is 2.06. The first-order chi connectivity index (χ1) is 12.0. The minimum absolute atomic E-state index is 0.540. The summed E-state index contributed by atoms with van der Waals surface area (Å²) in [6.07, 6.45) is 1.37. The van der Waals surface area contributed by atoms with Crippen molar-refractivity contribution < 1.29 is 19.1 Å². The van der Waals surface area contributed by atoms with Gasteiger partial charge < -0.3 is 14.8 Å². The van der Waals surface area contributed by atoms with Crippen molar-refractivity contribution >= 4 is 23.7 Å². The van der Waals surface area contributed by atoms with E-state index in [9.17, 15) is 9.59 Å². The van der Waals surface area contributed by atoms with Crippen LogP contribution in [0.25, 0.3) is 0 Å². The predicted octanol–water partition coefficient (Wildman–Crippen LogP) is 2.10. The molecule has 7 heteroatoms. The third-order valence-corrected chi connectivity index (χ3v) is 3.29. The van der Waals surface area contributed by atoms with Crippen LogP contribution in [0.2, 0.25) is 0 Å². The van der Waals surface area contributed by atoms with Gasteiger partial charge in [-0.3, -0.25) is 9.59 Å². The molecular formula is C18H19N3O4. The van der Waals surface area contributed by atoms with E-state index < -0.39 is 11.8 Å². The zero-order valence-corrected chi connectivity index (χ0v) is 14.2.